The van der Waals surface area contributed by atoms with Crippen molar-refractivity contribution in [2.45, 2.75) is 39.2 Å². The molecule has 3 rings (SSSR count). The zero-order valence-electron chi connectivity index (χ0n) is 11.6. The molecule has 3 atom stereocenters. The average molecular weight is 258 g/mol. The Balaban J connectivity index is 1.96. The zero-order valence-corrected chi connectivity index (χ0v) is 11.6. The van der Waals surface area contributed by atoms with E-state index in [4.69, 9.17) is 10.3 Å². The summed E-state index contributed by atoms with van der Waals surface area (Å²) in [5.74, 6) is 8.04. The predicted octanol–water partition coefficient (Wildman–Crippen LogP) is 3.68. The van der Waals surface area contributed by atoms with Gasteiger partial charge in [-0.15, -0.1) is 0 Å². The zero-order chi connectivity index (χ0) is 13.4. The Bertz CT molecular complexity index is 575. The van der Waals surface area contributed by atoms with Crippen LogP contribution in [-0.2, 0) is 0 Å². The molecule has 1 fully saturated rings. The van der Waals surface area contributed by atoms with E-state index in [9.17, 15) is 0 Å². The predicted molar refractivity (Wildman–Crippen MR) is 77.5 cm³/mol. The summed E-state index contributed by atoms with van der Waals surface area (Å²) in [6.07, 6.45) is 3.82. The number of hydrogen-bond acceptors (Lipinski definition) is 3. The molecule has 0 radical (unpaired) electrons. The van der Waals surface area contributed by atoms with Crippen LogP contribution in [0.4, 0.5) is 0 Å². The second-order valence-corrected chi connectivity index (χ2v) is 5.91. The fourth-order valence-electron chi connectivity index (χ4n) is 3.42. The van der Waals surface area contributed by atoms with Crippen LogP contribution in [0.2, 0.25) is 0 Å². The van der Waals surface area contributed by atoms with E-state index in [0.29, 0.717) is 11.8 Å². The number of nitrogens with one attached hydrogen (secondary N) is 1. The Morgan fingerprint density at radius 2 is 2.16 bits per heavy atom. The molecule has 102 valence electrons. The normalized spacial score (nSPS) is 25.0. The molecule has 1 aromatic heterocycles. The van der Waals surface area contributed by atoms with Gasteiger partial charge in [-0.3, -0.25) is 5.84 Å². The molecule has 3 unspecified atom stereocenters. The molecule has 0 aliphatic heterocycles. The summed E-state index contributed by atoms with van der Waals surface area (Å²) in [6, 6.07) is 8.55. The van der Waals surface area contributed by atoms with Crippen LogP contribution in [0.3, 0.4) is 0 Å². The molecule has 0 bridgehead atoms. The second kappa shape index (κ2) is 4.99. The molecule has 1 aromatic carbocycles. The number of nitrogens with two attached hydrogens (primary N) is 1. The average Bonchev–Trinajstić information content (AvgIpc) is 2.97. The number of furan rings is 1. The Hall–Kier alpha value is -1.32. The van der Waals surface area contributed by atoms with Gasteiger partial charge in [0.15, 0.2) is 0 Å². The van der Waals surface area contributed by atoms with Crippen molar-refractivity contribution in [3.8, 4) is 0 Å². The highest BCUT2D eigenvalue weighted by Gasteiger charge is 2.33. The van der Waals surface area contributed by atoms with Crippen molar-refractivity contribution in [2.75, 3.05) is 0 Å². The van der Waals surface area contributed by atoms with E-state index < -0.39 is 0 Å². The van der Waals surface area contributed by atoms with Gasteiger partial charge in [-0.1, -0.05) is 31.4 Å². The summed E-state index contributed by atoms with van der Waals surface area (Å²) in [5, 5.41) is 1.17. The van der Waals surface area contributed by atoms with Crippen LogP contribution >= 0.6 is 0 Å². The minimum absolute atomic E-state index is 0.130. The van der Waals surface area contributed by atoms with Gasteiger partial charge in [0.2, 0.25) is 0 Å². The topological polar surface area (TPSA) is 51.2 Å². The Morgan fingerprint density at radius 3 is 2.84 bits per heavy atom. The van der Waals surface area contributed by atoms with Gasteiger partial charge in [0.05, 0.1) is 6.04 Å². The quantitative estimate of drug-likeness (QED) is 0.652. The van der Waals surface area contributed by atoms with Crippen molar-refractivity contribution in [1.29, 1.82) is 0 Å². The van der Waals surface area contributed by atoms with Crippen LogP contribution in [0, 0.1) is 18.8 Å². The number of hydrazine groups is 1. The van der Waals surface area contributed by atoms with Crippen molar-refractivity contribution in [2.24, 2.45) is 17.7 Å². The molecule has 1 saturated carbocycles. The molecule has 0 amide bonds. The lowest BCUT2D eigenvalue weighted by atomic mass is 9.89. The molecular weight excluding hydrogens is 236 g/mol. The fourth-order valence-corrected chi connectivity index (χ4v) is 3.42. The van der Waals surface area contributed by atoms with Gasteiger partial charge >= 0.3 is 0 Å². The maximum absolute atomic E-state index is 5.99. The van der Waals surface area contributed by atoms with Crippen molar-refractivity contribution < 1.29 is 4.42 Å². The molecule has 1 aliphatic carbocycles. The van der Waals surface area contributed by atoms with Gasteiger partial charge in [-0.2, -0.15) is 0 Å². The SMILES string of the molecule is Cc1ccc2oc(C(NN)C3CCCC3C)cc2c1. The lowest BCUT2D eigenvalue weighted by Gasteiger charge is -2.24. The minimum Gasteiger partial charge on any atom is -0.459 e. The molecule has 0 spiro atoms. The molecular formula is C16H22N2O. The first-order chi connectivity index (χ1) is 9.19. The van der Waals surface area contributed by atoms with Crippen LogP contribution in [0.5, 0.6) is 0 Å². The highest BCUT2D eigenvalue weighted by atomic mass is 16.3. The van der Waals surface area contributed by atoms with E-state index >= 15 is 0 Å². The number of rotatable bonds is 3. The molecule has 19 heavy (non-hydrogen) atoms. The van der Waals surface area contributed by atoms with Gasteiger partial charge < -0.3 is 4.42 Å². The van der Waals surface area contributed by atoms with Crippen LogP contribution in [0.1, 0.15) is 43.6 Å². The standard InChI is InChI=1S/C16H22N2O/c1-10-6-7-14-12(8-10)9-15(19-14)16(18-17)13-5-3-4-11(13)2/h6-9,11,13,16,18H,3-5,17H2,1-2H3. The largest absolute Gasteiger partial charge is 0.459 e. The first-order valence-corrected chi connectivity index (χ1v) is 7.15. The van der Waals surface area contributed by atoms with Crippen LogP contribution in [0.15, 0.2) is 28.7 Å². The van der Waals surface area contributed by atoms with E-state index in [-0.39, 0.29) is 6.04 Å². The lowest BCUT2D eigenvalue weighted by molar-refractivity contribution is 0.272. The summed E-state index contributed by atoms with van der Waals surface area (Å²) < 4.78 is 5.99. The third-order valence-electron chi connectivity index (χ3n) is 4.53. The molecule has 1 heterocycles. The van der Waals surface area contributed by atoms with Crippen molar-refractivity contribution >= 4 is 11.0 Å². The Labute approximate surface area is 114 Å². The van der Waals surface area contributed by atoms with E-state index in [1.54, 1.807) is 0 Å². The summed E-state index contributed by atoms with van der Waals surface area (Å²) in [5.41, 5.74) is 5.18. The van der Waals surface area contributed by atoms with E-state index in [1.165, 1.54) is 30.2 Å². The number of fused-ring (bicyclic) bond motifs is 1. The van der Waals surface area contributed by atoms with Gasteiger partial charge in [0, 0.05) is 5.39 Å². The minimum atomic E-state index is 0.130. The molecule has 3 heteroatoms. The second-order valence-electron chi connectivity index (χ2n) is 5.91. The lowest BCUT2D eigenvalue weighted by Crippen LogP contribution is -2.34. The van der Waals surface area contributed by atoms with Crippen molar-refractivity contribution in [1.82, 2.24) is 5.43 Å². The van der Waals surface area contributed by atoms with Gasteiger partial charge in [0.1, 0.15) is 11.3 Å². The number of aryl methyl sites for hydroxylation is 1. The summed E-state index contributed by atoms with van der Waals surface area (Å²) in [4.78, 5) is 0. The maximum Gasteiger partial charge on any atom is 0.134 e. The third-order valence-corrected chi connectivity index (χ3v) is 4.53. The monoisotopic (exact) mass is 258 g/mol. The van der Waals surface area contributed by atoms with Crippen LogP contribution in [0.25, 0.3) is 11.0 Å². The molecule has 3 N–H and O–H groups in total. The van der Waals surface area contributed by atoms with Crippen LogP contribution in [-0.4, -0.2) is 0 Å². The summed E-state index contributed by atoms with van der Waals surface area (Å²) >= 11 is 0. The molecule has 0 saturated heterocycles. The summed E-state index contributed by atoms with van der Waals surface area (Å²) in [7, 11) is 0. The van der Waals surface area contributed by atoms with Gasteiger partial charge in [-0.25, -0.2) is 5.43 Å². The van der Waals surface area contributed by atoms with Crippen LogP contribution < -0.4 is 11.3 Å². The number of benzene rings is 1. The molecule has 2 aromatic rings. The fraction of sp³-hybridized carbons (Fsp3) is 0.500. The van der Waals surface area contributed by atoms with Gasteiger partial charge in [0.25, 0.3) is 0 Å². The summed E-state index contributed by atoms with van der Waals surface area (Å²) in [6.45, 7) is 4.42. The van der Waals surface area contributed by atoms with E-state index in [2.05, 4.69) is 37.5 Å². The Morgan fingerprint density at radius 1 is 1.32 bits per heavy atom. The molecule has 1 aliphatic rings. The first-order valence-electron chi connectivity index (χ1n) is 7.15. The molecule has 3 nitrogen and oxygen atoms in total. The highest BCUT2D eigenvalue weighted by molar-refractivity contribution is 5.78. The third kappa shape index (κ3) is 2.28. The Kier molecular flexibility index (Phi) is 3.33. The maximum atomic E-state index is 5.99. The highest BCUT2D eigenvalue weighted by Crippen LogP contribution is 2.40. The first kappa shape index (κ1) is 12.7. The smallest absolute Gasteiger partial charge is 0.134 e. The number of hydrogen-bond donors (Lipinski definition) is 2. The van der Waals surface area contributed by atoms with E-state index in [0.717, 1.165) is 11.3 Å². The van der Waals surface area contributed by atoms with Gasteiger partial charge in [-0.05, 0) is 43.4 Å². The van der Waals surface area contributed by atoms with Crippen molar-refractivity contribution in [3.63, 3.8) is 0 Å². The van der Waals surface area contributed by atoms with E-state index in [1.807, 2.05) is 6.07 Å². The van der Waals surface area contributed by atoms with Crippen molar-refractivity contribution in [3.05, 3.63) is 35.6 Å².